The van der Waals surface area contributed by atoms with Crippen LogP contribution in [-0.4, -0.2) is 47.1 Å². The predicted octanol–water partition coefficient (Wildman–Crippen LogP) is 1.76. The molecule has 3 fully saturated rings. The third kappa shape index (κ3) is 2.93. The minimum absolute atomic E-state index is 0.0586. The van der Waals surface area contributed by atoms with Crippen molar-refractivity contribution in [2.45, 2.75) is 69.9 Å². The van der Waals surface area contributed by atoms with E-state index in [4.69, 9.17) is 0 Å². The van der Waals surface area contributed by atoms with E-state index in [0.29, 0.717) is 18.9 Å². The smallest absolute Gasteiger partial charge is 0.310 e. The molecular formula is C16H26N2O3. The minimum Gasteiger partial charge on any atom is -0.481 e. The van der Waals surface area contributed by atoms with Gasteiger partial charge in [0.25, 0.3) is 0 Å². The molecule has 21 heavy (non-hydrogen) atoms. The number of piperidine rings is 1. The number of hydrogen-bond donors (Lipinski definition) is 2. The Bertz CT molecular complexity index is 418. The van der Waals surface area contributed by atoms with Crippen molar-refractivity contribution < 1.29 is 14.7 Å². The first-order chi connectivity index (χ1) is 10.1. The van der Waals surface area contributed by atoms with Gasteiger partial charge in [0, 0.05) is 25.0 Å². The number of carbonyl (C=O) groups excluding carboxylic acids is 1. The molecule has 2 atom stereocenters. The van der Waals surface area contributed by atoms with Gasteiger partial charge in [-0.25, -0.2) is 0 Å². The lowest BCUT2D eigenvalue weighted by Gasteiger charge is -2.33. The van der Waals surface area contributed by atoms with E-state index in [-0.39, 0.29) is 18.4 Å². The first-order valence-electron chi connectivity index (χ1n) is 8.38. The van der Waals surface area contributed by atoms with Crippen molar-refractivity contribution in [2.75, 3.05) is 13.1 Å². The predicted molar refractivity (Wildman–Crippen MR) is 78.9 cm³/mol. The lowest BCUT2D eigenvalue weighted by atomic mass is 9.82. The van der Waals surface area contributed by atoms with Crippen molar-refractivity contribution in [3.63, 3.8) is 0 Å². The molecule has 118 valence electrons. The maximum Gasteiger partial charge on any atom is 0.310 e. The maximum atomic E-state index is 12.3. The van der Waals surface area contributed by atoms with Gasteiger partial charge in [-0.15, -0.1) is 0 Å². The molecule has 3 aliphatic rings. The average molecular weight is 294 g/mol. The maximum absolute atomic E-state index is 12.3. The molecule has 1 aliphatic carbocycles. The normalized spacial score (nSPS) is 31.8. The number of aliphatic carboxylic acids is 1. The van der Waals surface area contributed by atoms with Crippen LogP contribution in [0.15, 0.2) is 0 Å². The van der Waals surface area contributed by atoms with Crippen molar-refractivity contribution >= 4 is 11.9 Å². The summed E-state index contributed by atoms with van der Waals surface area (Å²) >= 11 is 0. The van der Waals surface area contributed by atoms with Gasteiger partial charge in [0.15, 0.2) is 0 Å². The summed E-state index contributed by atoms with van der Waals surface area (Å²) in [4.78, 5) is 26.4. The largest absolute Gasteiger partial charge is 0.481 e. The molecule has 2 N–H and O–H groups in total. The minimum atomic E-state index is -0.797. The van der Waals surface area contributed by atoms with Crippen LogP contribution in [0.4, 0.5) is 0 Å². The van der Waals surface area contributed by atoms with Crippen LogP contribution in [0.3, 0.4) is 0 Å². The van der Waals surface area contributed by atoms with Gasteiger partial charge in [-0.05, 0) is 38.6 Å². The highest BCUT2D eigenvalue weighted by atomic mass is 16.4. The quantitative estimate of drug-likeness (QED) is 0.829. The van der Waals surface area contributed by atoms with E-state index in [0.717, 1.165) is 38.8 Å². The molecule has 1 saturated carbocycles. The third-order valence-electron chi connectivity index (χ3n) is 5.72. The second-order valence-corrected chi connectivity index (χ2v) is 7.03. The Morgan fingerprint density at radius 1 is 1.10 bits per heavy atom. The van der Waals surface area contributed by atoms with Gasteiger partial charge in [-0.2, -0.15) is 0 Å². The molecule has 0 aromatic rings. The van der Waals surface area contributed by atoms with Crippen molar-refractivity contribution in [2.24, 2.45) is 5.41 Å². The number of hydrogen-bond acceptors (Lipinski definition) is 3. The van der Waals surface area contributed by atoms with E-state index in [1.165, 1.54) is 12.8 Å². The van der Waals surface area contributed by atoms with Crippen LogP contribution in [0.2, 0.25) is 0 Å². The van der Waals surface area contributed by atoms with Gasteiger partial charge in [0.1, 0.15) is 0 Å². The van der Waals surface area contributed by atoms with Crippen LogP contribution in [0, 0.1) is 5.41 Å². The Balaban J connectivity index is 1.57. The fraction of sp³-hybridized carbons (Fsp3) is 0.875. The van der Waals surface area contributed by atoms with Gasteiger partial charge in [-0.3, -0.25) is 14.5 Å². The van der Waals surface area contributed by atoms with Crippen LogP contribution in [0.5, 0.6) is 0 Å². The summed E-state index contributed by atoms with van der Waals surface area (Å²) in [5.41, 5.74) is -0.797. The first kappa shape index (κ1) is 14.8. The molecular weight excluding hydrogens is 268 g/mol. The fourth-order valence-corrected chi connectivity index (χ4v) is 4.50. The molecule has 0 spiro atoms. The summed E-state index contributed by atoms with van der Waals surface area (Å²) in [6.45, 7) is 2.22. The van der Waals surface area contributed by atoms with E-state index in [2.05, 4.69) is 10.2 Å². The molecule has 2 unspecified atom stereocenters. The molecule has 5 nitrogen and oxygen atoms in total. The number of carbonyl (C=O) groups is 2. The molecule has 0 bridgehead atoms. The topological polar surface area (TPSA) is 69.6 Å². The van der Waals surface area contributed by atoms with Crippen molar-refractivity contribution in [1.29, 1.82) is 0 Å². The molecule has 5 heteroatoms. The van der Waals surface area contributed by atoms with Crippen LogP contribution >= 0.6 is 0 Å². The summed E-state index contributed by atoms with van der Waals surface area (Å²) < 4.78 is 0. The highest BCUT2D eigenvalue weighted by molar-refractivity contribution is 5.85. The zero-order valence-corrected chi connectivity index (χ0v) is 12.6. The molecule has 0 radical (unpaired) electrons. The number of nitrogens with one attached hydrogen (secondary N) is 1. The summed E-state index contributed by atoms with van der Waals surface area (Å²) in [7, 11) is 0. The van der Waals surface area contributed by atoms with Crippen molar-refractivity contribution in [3.05, 3.63) is 0 Å². The summed E-state index contributed by atoms with van der Waals surface area (Å²) in [6.07, 6.45) is 7.99. The standard InChI is InChI=1S/C16H26N2O3/c19-14(11-16(15(20)21)7-2-3-8-16)17-12-6-10-18-9-4-1-5-13(12)18/h12-13H,1-11H2,(H,17,19)(H,20,21). The highest BCUT2D eigenvalue weighted by Gasteiger charge is 2.44. The molecule has 2 heterocycles. The highest BCUT2D eigenvalue weighted by Crippen LogP contribution is 2.41. The van der Waals surface area contributed by atoms with E-state index < -0.39 is 11.4 Å². The van der Waals surface area contributed by atoms with Gasteiger partial charge in [0.2, 0.25) is 5.91 Å². The Morgan fingerprint density at radius 3 is 2.57 bits per heavy atom. The molecule has 1 amide bonds. The molecule has 0 aromatic heterocycles. The number of amides is 1. The van der Waals surface area contributed by atoms with Crippen molar-refractivity contribution in [3.8, 4) is 0 Å². The molecule has 0 aromatic carbocycles. The second kappa shape index (κ2) is 5.95. The van der Waals surface area contributed by atoms with Crippen LogP contribution in [-0.2, 0) is 9.59 Å². The number of nitrogens with zero attached hydrogens (tertiary/aromatic N) is 1. The van der Waals surface area contributed by atoms with Crippen LogP contribution in [0.1, 0.15) is 57.8 Å². The Labute approximate surface area is 126 Å². The Morgan fingerprint density at radius 2 is 1.86 bits per heavy atom. The third-order valence-corrected chi connectivity index (χ3v) is 5.72. The molecule has 2 saturated heterocycles. The van der Waals surface area contributed by atoms with Crippen LogP contribution in [0.25, 0.3) is 0 Å². The number of carboxylic acid groups (broad SMARTS) is 1. The van der Waals surface area contributed by atoms with E-state index >= 15 is 0 Å². The monoisotopic (exact) mass is 294 g/mol. The number of carboxylic acids is 1. The van der Waals surface area contributed by atoms with Gasteiger partial charge < -0.3 is 10.4 Å². The number of fused-ring (bicyclic) bond motifs is 1. The Kier molecular flexibility index (Phi) is 4.20. The van der Waals surface area contributed by atoms with Gasteiger partial charge in [0.05, 0.1) is 5.41 Å². The Hall–Kier alpha value is -1.10. The first-order valence-corrected chi connectivity index (χ1v) is 8.38. The van der Waals surface area contributed by atoms with Crippen molar-refractivity contribution in [1.82, 2.24) is 10.2 Å². The summed E-state index contributed by atoms with van der Waals surface area (Å²) in [6, 6.07) is 0.706. The van der Waals surface area contributed by atoms with Crippen LogP contribution < -0.4 is 5.32 Å². The van der Waals surface area contributed by atoms with E-state index in [1.807, 2.05) is 0 Å². The zero-order valence-electron chi connectivity index (χ0n) is 12.6. The summed E-state index contributed by atoms with van der Waals surface area (Å²) in [5, 5.41) is 12.6. The lowest BCUT2D eigenvalue weighted by molar-refractivity contribution is -0.151. The molecule has 2 aliphatic heterocycles. The second-order valence-electron chi connectivity index (χ2n) is 7.03. The average Bonchev–Trinajstić information content (AvgIpc) is 3.08. The SMILES string of the molecule is O=C(CC1(C(=O)O)CCCC1)NC1CCN2CCCCC12. The van der Waals surface area contributed by atoms with Gasteiger partial charge in [-0.1, -0.05) is 19.3 Å². The zero-order chi connectivity index (χ0) is 14.9. The summed E-state index contributed by atoms with van der Waals surface area (Å²) in [5.74, 6) is -0.849. The number of rotatable bonds is 4. The lowest BCUT2D eigenvalue weighted by Crippen LogP contribution is -2.48. The van der Waals surface area contributed by atoms with E-state index in [9.17, 15) is 14.7 Å². The fourth-order valence-electron chi connectivity index (χ4n) is 4.50. The van der Waals surface area contributed by atoms with Gasteiger partial charge >= 0.3 is 5.97 Å². The van der Waals surface area contributed by atoms with E-state index in [1.54, 1.807) is 0 Å². The molecule has 3 rings (SSSR count).